The highest BCUT2D eigenvalue weighted by Gasteiger charge is 2.17. The normalized spacial score (nSPS) is 11.7. The molecule has 142 valence electrons. The van der Waals surface area contributed by atoms with Crippen LogP contribution in [0.4, 0.5) is 0 Å². The van der Waals surface area contributed by atoms with Gasteiger partial charge in [-0.15, -0.1) is 11.3 Å². The molecule has 0 aliphatic heterocycles. The molecule has 2 heterocycles. The third-order valence-corrected chi connectivity index (χ3v) is 6.97. The lowest BCUT2D eigenvalue weighted by Crippen LogP contribution is -2.26. The van der Waals surface area contributed by atoms with Gasteiger partial charge in [0.2, 0.25) is 10.0 Å². The van der Waals surface area contributed by atoms with E-state index in [1.807, 2.05) is 24.3 Å². The average Bonchev–Trinajstić information content (AvgIpc) is 3.33. The van der Waals surface area contributed by atoms with E-state index in [4.69, 9.17) is 4.42 Å². The lowest BCUT2D eigenvalue weighted by molar-refractivity contribution is 0.0954. The standard InChI is InChI=1S/C19H20N2O4S2/c1-21(2)27(23,24)16-8-5-14(6-9-16)19(22)20-12-11-15-7-10-18(26-15)17-4-3-13-25-17/h3-10,13H,11-12H2,1-2H3,(H,20,22). The maximum Gasteiger partial charge on any atom is 0.251 e. The van der Waals surface area contributed by atoms with Crippen molar-refractivity contribution < 1.29 is 17.6 Å². The Bertz CT molecular complexity index is 1000. The van der Waals surface area contributed by atoms with Crippen molar-refractivity contribution in [1.82, 2.24) is 9.62 Å². The Balaban J connectivity index is 1.55. The SMILES string of the molecule is CN(C)S(=O)(=O)c1ccc(C(=O)NCCc2ccc(-c3ccco3)s2)cc1. The van der Waals surface area contributed by atoms with Gasteiger partial charge in [-0.25, -0.2) is 12.7 Å². The fraction of sp³-hybridized carbons (Fsp3) is 0.211. The topological polar surface area (TPSA) is 79.6 Å². The molecule has 0 bridgehead atoms. The molecule has 6 nitrogen and oxygen atoms in total. The van der Waals surface area contributed by atoms with E-state index in [-0.39, 0.29) is 10.8 Å². The highest BCUT2D eigenvalue weighted by Crippen LogP contribution is 2.28. The first-order valence-electron chi connectivity index (χ1n) is 8.31. The molecule has 0 saturated heterocycles. The predicted octanol–water partition coefficient (Wildman–Crippen LogP) is 3.23. The third kappa shape index (κ3) is 4.47. The second kappa shape index (κ2) is 8.08. The summed E-state index contributed by atoms with van der Waals surface area (Å²) in [6, 6.07) is 13.7. The molecule has 3 rings (SSSR count). The smallest absolute Gasteiger partial charge is 0.251 e. The van der Waals surface area contributed by atoms with Gasteiger partial charge in [-0.3, -0.25) is 4.79 Å². The first-order valence-corrected chi connectivity index (χ1v) is 10.6. The number of amides is 1. The van der Waals surface area contributed by atoms with Gasteiger partial charge in [-0.2, -0.15) is 0 Å². The number of nitrogens with zero attached hydrogens (tertiary/aromatic N) is 1. The molecule has 3 aromatic rings. The molecular weight excluding hydrogens is 384 g/mol. The third-order valence-electron chi connectivity index (χ3n) is 3.98. The van der Waals surface area contributed by atoms with E-state index in [1.54, 1.807) is 17.6 Å². The molecule has 8 heteroatoms. The van der Waals surface area contributed by atoms with E-state index in [1.165, 1.54) is 38.4 Å². The summed E-state index contributed by atoms with van der Waals surface area (Å²) in [6.07, 6.45) is 2.36. The lowest BCUT2D eigenvalue weighted by Gasteiger charge is -2.11. The molecule has 0 saturated carbocycles. The maximum absolute atomic E-state index is 12.2. The molecule has 2 aromatic heterocycles. The Morgan fingerprint density at radius 1 is 1.11 bits per heavy atom. The van der Waals surface area contributed by atoms with E-state index in [9.17, 15) is 13.2 Å². The first kappa shape index (κ1) is 19.3. The summed E-state index contributed by atoms with van der Waals surface area (Å²) in [5.74, 6) is 0.606. The van der Waals surface area contributed by atoms with Crippen LogP contribution in [0, 0.1) is 0 Å². The zero-order chi connectivity index (χ0) is 19.4. The number of carbonyl (C=O) groups excluding carboxylic acids is 1. The molecule has 0 aliphatic carbocycles. The number of rotatable bonds is 7. The van der Waals surface area contributed by atoms with E-state index in [2.05, 4.69) is 5.32 Å². The van der Waals surface area contributed by atoms with Gasteiger partial charge in [0.15, 0.2) is 0 Å². The molecule has 0 unspecified atom stereocenters. The van der Waals surface area contributed by atoms with Crippen LogP contribution in [-0.2, 0) is 16.4 Å². The molecule has 0 atom stereocenters. The highest BCUT2D eigenvalue weighted by molar-refractivity contribution is 7.89. The lowest BCUT2D eigenvalue weighted by atomic mass is 10.2. The van der Waals surface area contributed by atoms with Gasteiger partial charge >= 0.3 is 0 Å². The molecular formula is C19H20N2O4S2. The minimum absolute atomic E-state index is 0.160. The van der Waals surface area contributed by atoms with E-state index >= 15 is 0 Å². The summed E-state index contributed by atoms with van der Waals surface area (Å²) >= 11 is 1.63. The summed E-state index contributed by atoms with van der Waals surface area (Å²) in [5.41, 5.74) is 0.426. The van der Waals surface area contributed by atoms with Crippen molar-refractivity contribution in [2.45, 2.75) is 11.3 Å². The minimum Gasteiger partial charge on any atom is -0.464 e. The van der Waals surface area contributed by atoms with Crippen molar-refractivity contribution in [2.75, 3.05) is 20.6 Å². The van der Waals surface area contributed by atoms with Crippen LogP contribution in [0.1, 0.15) is 15.2 Å². The van der Waals surface area contributed by atoms with Crippen LogP contribution < -0.4 is 5.32 Å². The van der Waals surface area contributed by atoms with Crippen molar-refractivity contribution in [2.24, 2.45) is 0 Å². The van der Waals surface area contributed by atoms with Gasteiger partial charge in [-0.05, 0) is 55.0 Å². The number of carbonyl (C=O) groups is 1. The number of sulfonamides is 1. The summed E-state index contributed by atoms with van der Waals surface area (Å²) in [4.78, 5) is 14.6. The first-order chi connectivity index (χ1) is 12.9. The number of hydrogen-bond donors (Lipinski definition) is 1. The summed E-state index contributed by atoms with van der Waals surface area (Å²) < 4.78 is 30.6. The van der Waals surface area contributed by atoms with Crippen LogP contribution in [0.2, 0.25) is 0 Å². The van der Waals surface area contributed by atoms with Gasteiger partial charge in [0.05, 0.1) is 16.0 Å². The Hall–Kier alpha value is -2.42. The maximum atomic E-state index is 12.2. The van der Waals surface area contributed by atoms with E-state index in [0.29, 0.717) is 18.5 Å². The number of hydrogen-bond acceptors (Lipinski definition) is 5. The minimum atomic E-state index is -3.49. The van der Waals surface area contributed by atoms with E-state index in [0.717, 1.165) is 19.8 Å². The Labute approximate surface area is 162 Å². The van der Waals surface area contributed by atoms with Gasteiger partial charge in [0.25, 0.3) is 5.91 Å². The van der Waals surface area contributed by atoms with E-state index < -0.39 is 10.0 Å². The van der Waals surface area contributed by atoms with Crippen molar-refractivity contribution >= 4 is 27.3 Å². The largest absolute Gasteiger partial charge is 0.464 e. The quantitative estimate of drug-likeness (QED) is 0.656. The second-order valence-electron chi connectivity index (χ2n) is 6.06. The average molecular weight is 405 g/mol. The number of nitrogens with one attached hydrogen (secondary N) is 1. The molecule has 1 amide bonds. The van der Waals surface area contributed by atoms with Crippen molar-refractivity contribution in [3.05, 3.63) is 65.2 Å². The number of benzene rings is 1. The highest BCUT2D eigenvalue weighted by atomic mass is 32.2. The molecule has 1 N–H and O–H groups in total. The number of thiophene rings is 1. The van der Waals surface area contributed by atoms with Crippen LogP contribution in [0.15, 0.2) is 64.1 Å². The van der Waals surface area contributed by atoms with Crippen molar-refractivity contribution in [3.8, 4) is 10.6 Å². The van der Waals surface area contributed by atoms with Gasteiger partial charge in [0.1, 0.15) is 5.76 Å². The van der Waals surface area contributed by atoms with Crippen LogP contribution in [0.25, 0.3) is 10.6 Å². The molecule has 0 aliphatic rings. The Morgan fingerprint density at radius 3 is 2.48 bits per heavy atom. The summed E-state index contributed by atoms with van der Waals surface area (Å²) in [5, 5.41) is 2.86. The fourth-order valence-electron chi connectivity index (χ4n) is 2.45. The van der Waals surface area contributed by atoms with Crippen LogP contribution in [0.3, 0.4) is 0 Å². The summed E-state index contributed by atoms with van der Waals surface area (Å²) in [7, 11) is -0.553. The van der Waals surface area contributed by atoms with Crippen molar-refractivity contribution in [3.63, 3.8) is 0 Å². The zero-order valence-corrected chi connectivity index (χ0v) is 16.6. The predicted molar refractivity (Wildman–Crippen MR) is 105 cm³/mol. The van der Waals surface area contributed by atoms with Gasteiger partial charge < -0.3 is 9.73 Å². The monoisotopic (exact) mass is 404 g/mol. The molecule has 27 heavy (non-hydrogen) atoms. The molecule has 0 spiro atoms. The van der Waals surface area contributed by atoms with Crippen molar-refractivity contribution in [1.29, 1.82) is 0 Å². The second-order valence-corrected chi connectivity index (χ2v) is 9.38. The van der Waals surface area contributed by atoms with Crippen LogP contribution in [-0.4, -0.2) is 39.3 Å². The Morgan fingerprint density at radius 2 is 1.85 bits per heavy atom. The fourth-order valence-corrected chi connectivity index (χ4v) is 4.33. The molecule has 1 aromatic carbocycles. The Kier molecular flexibility index (Phi) is 5.79. The number of furan rings is 1. The van der Waals surface area contributed by atoms with Gasteiger partial charge in [0, 0.05) is 31.1 Å². The van der Waals surface area contributed by atoms with Gasteiger partial charge in [-0.1, -0.05) is 0 Å². The van der Waals surface area contributed by atoms with Crippen LogP contribution >= 0.6 is 11.3 Å². The molecule has 0 fully saturated rings. The molecule has 0 radical (unpaired) electrons. The zero-order valence-electron chi connectivity index (χ0n) is 15.0. The summed E-state index contributed by atoms with van der Waals surface area (Å²) in [6.45, 7) is 0.495. The van der Waals surface area contributed by atoms with Crippen LogP contribution in [0.5, 0.6) is 0 Å².